The maximum atomic E-state index is 12.5. The largest absolute Gasteiger partial charge is 0.463 e. The van der Waals surface area contributed by atoms with Gasteiger partial charge in [0.15, 0.2) is 12.0 Å². The van der Waals surface area contributed by atoms with Crippen molar-refractivity contribution in [2.45, 2.75) is 395 Å². The highest BCUT2D eigenvalue weighted by Gasteiger charge is 2.73. The maximum Gasteiger partial charge on any atom is 0.347 e. The van der Waals surface area contributed by atoms with Crippen LogP contribution in [0.25, 0.3) is 0 Å². The van der Waals surface area contributed by atoms with E-state index in [0.29, 0.717) is 94.0 Å². The smallest absolute Gasteiger partial charge is 0.347 e. The Labute approximate surface area is 668 Å². The molecule has 17 fully saturated rings. The normalized spacial score (nSPS) is 36.8. The molecule has 11 atom stereocenters. The molecule has 2 saturated heterocycles. The zero-order valence-corrected chi connectivity index (χ0v) is 72.1. The number of nitriles is 1. The highest BCUT2D eigenvalue weighted by Crippen LogP contribution is 2.65. The molecule has 0 aromatic rings. The molecule has 22 nitrogen and oxygen atoms in total. The van der Waals surface area contributed by atoms with Crippen molar-refractivity contribution in [1.29, 1.82) is 5.26 Å². The van der Waals surface area contributed by atoms with E-state index in [1.165, 1.54) is 57.8 Å². The summed E-state index contributed by atoms with van der Waals surface area (Å²) in [4.78, 5) is 107. The molecule has 0 spiro atoms. The second kappa shape index (κ2) is 33.9. The van der Waals surface area contributed by atoms with Crippen LogP contribution in [0.15, 0.2) is 0 Å². The predicted molar refractivity (Wildman–Crippen MR) is 417 cm³/mol. The van der Waals surface area contributed by atoms with Crippen LogP contribution in [0.1, 0.15) is 338 Å². The summed E-state index contributed by atoms with van der Waals surface area (Å²) in [6.45, 7) is 38.8. The zero-order chi connectivity index (χ0) is 83.2. The van der Waals surface area contributed by atoms with E-state index in [9.17, 15) is 63.7 Å². The third-order valence-corrected chi connectivity index (χ3v) is 30.3. The van der Waals surface area contributed by atoms with Gasteiger partial charge in [0.05, 0.1) is 62.5 Å². The van der Waals surface area contributed by atoms with Crippen LogP contribution in [0.2, 0.25) is 0 Å². The summed E-state index contributed by atoms with van der Waals surface area (Å²) >= 11 is 0. The molecule has 112 heavy (non-hydrogen) atoms. The lowest BCUT2D eigenvalue weighted by Crippen LogP contribution is -2.67. The number of hydrogen-bond donors (Lipinski definition) is 3. The maximum absolute atomic E-state index is 12.5. The van der Waals surface area contributed by atoms with E-state index in [-0.39, 0.29) is 88.8 Å². The number of fused-ring (bicyclic) bond motifs is 1. The summed E-state index contributed by atoms with van der Waals surface area (Å²) in [5.41, 5.74) is -7.17. The Bertz CT molecular complexity index is 3400. The number of ether oxygens (including phenoxy) is 9. The van der Waals surface area contributed by atoms with Crippen LogP contribution in [0.4, 0.5) is 0 Å². The predicted octanol–water partition coefficient (Wildman–Crippen LogP) is 16.0. The fourth-order valence-electron chi connectivity index (χ4n) is 21.7. The zero-order valence-electron chi connectivity index (χ0n) is 72.1. The van der Waals surface area contributed by atoms with E-state index in [1.807, 2.05) is 104 Å². The van der Waals surface area contributed by atoms with Crippen LogP contribution < -0.4 is 0 Å². The first-order valence-corrected chi connectivity index (χ1v) is 43.4. The van der Waals surface area contributed by atoms with Gasteiger partial charge in [0.2, 0.25) is 6.10 Å². The van der Waals surface area contributed by atoms with Gasteiger partial charge in [0.1, 0.15) is 34.6 Å². The van der Waals surface area contributed by atoms with Crippen molar-refractivity contribution < 1.29 is 101 Å². The number of carbonyl (C=O) groups is 9. The van der Waals surface area contributed by atoms with Gasteiger partial charge in [-0.25, -0.2) is 9.59 Å². The summed E-state index contributed by atoms with van der Waals surface area (Å²) in [6.07, 6.45) is 26.5. The summed E-state index contributed by atoms with van der Waals surface area (Å²) in [5.74, 6) is 2.23. The van der Waals surface area contributed by atoms with Gasteiger partial charge in [-0.2, -0.15) is 5.26 Å². The number of esters is 9. The molecule has 2 aliphatic heterocycles. The van der Waals surface area contributed by atoms with Crippen LogP contribution in [0.5, 0.6) is 0 Å². The molecule has 0 aromatic heterocycles. The lowest BCUT2D eigenvalue weighted by molar-refractivity contribution is -0.264. The van der Waals surface area contributed by atoms with Gasteiger partial charge in [-0.1, -0.05) is 67.7 Å². The first-order valence-electron chi connectivity index (χ1n) is 43.4. The molecule has 634 valence electrons. The van der Waals surface area contributed by atoms with Gasteiger partial charge < -0.3 is 58.0 Å². The van der Waals surface area contributed by atoms with Crippen LogP contribution in [-0.2, 0) is 85.8 Å². The Morgan fingerprint density at radius 2 is 0.973 bits per heavy atom. The van der Waals surface area contributed by atoms with Crippen LogP contribution >= 0.6 is 0 Å². The molecule has 17 aliphatic rings. The summed E-state index contributed by atoms with van der Waals surface area (Å²) in [5, 5.41) is 41.3. The van der Waals surface area contributed by atoms with Crippen molar-refractivity contribution in [3.8, 4) is 6.07 Å². The lowest BCUT2D eigenvalue weighted by atomic mass is 9.50. The number of hydrogen-bond acceptors (Lipinski definition) is 22. The minimum atomic E-state index is -0.974. The van der Waals surface area contributed by atoms with Crippen molar-refractivity contribution >= 4 is 53.7 Å². The van der Waals surface area contributed by atoms with E-state index in [0.717, 1.165) is 95.3 Å². The number of aliphatic hydroxyl groups is 3. The summed E-state index contributed by atoms with van der Waals surface area (Å²) < 4.78 is 49.2. The van der Waals surface area contributed by atoms with E-state index >= 15 is 0 Å². The fraction of sp³-hybridized carbons (Fsp3) is 0.889. The van der Waals surface area contributed by atoms with Crippen molar-refractivity contribution in [2.75, 3.05) is 13.2 Å². The first kappa shape index (κ1) is 90.5. The number of cyclic esters (lactones) is 1. The summed E-state index contributed by atoms with van der Waals surface area (Å²) in [6, 6.07) is 2.15. The third kappa shape index (κ3) is 19.9. The first-order chi connectivity index (χ1) is 51.9. The fourth-order valence-corrected chi connectivity index (χ4v) is 21.7. The average molecular weight is 1580 g/mol. The molecule has 3 N–H and O–H groups in total. The molecule has 15 aliphatic carbocycles. The van der Waals surface area contributed by atoms with Crippen molar-refractivity contribution in [1.82, 2.24) is 0 Å². The number of rotatable bonds is 21. The molecule has 15 saturated carbocycles. The van der Waals surface area contributed by atoms with Crippen LogP contribution in [0, 0.1) is 109 Å². The topological polar surface area (TPSA) is 321 Å². The molecule has 14 bridgehead atoms. The van der Waals surface area contributed by atoms with E-state index in [4.69, 9.17) is 42.6 Å². The van der Waals surface area contributed by atoms with E-state index < -0.39 is 85.2 Å². The minimum absolute atomic E-state index is 0.0185. The molecule has 0 radical (unpaired) electrons. The SMILES string of the molecule is CCC(C)(C)C(=O)OC1(C)C2CC3CC(C2)CC1C3.CCC(C)(C)C(=O)OC12CC3CC(CC(O)(C3)C1)C2.CCC(C)(C)C(=O)OC12CC3CC(O)(CC(O)(C3)C1)C2.CCC(C)(C)C(=O)OC1C2CC3C1OC(=O)C3(C#N)C2.CCC(C)(C)C(=O)OC1CCOC1=O.CCC(C)C(=O)OCC(=O)OC(C)(C)C1CCCCC1. The second-order valence-corrected chi connectivity index (χ2v) is 41.7. The molecular formula is C90H143NO21. The van der Waals surface area contributed by atoms with Gasteiger partial charge >= 0.3 is 53.7 Å². The van der Waals surface area contributed by atoms with E-state index in [2.05, 4.69) is 19.9 Å². The number of carbonyl (C=O) groups excluding carboxylic acids is 9. The Balaban J connectivity index is 0.000000155. The van der Waals surface area contributed by atoms with Crippen molar-refractivity contribution in [3.63, 3.8) is 0 Å². The van der Waals surface area contributed by atoms with Gasteiger partial charge in [-0.05, 0) is 285 Å². The highest BCUT2D eigenvalue weighted by molar-refractivity contribution is 5.85. The monoisotopic (exact) mass is 1570 g/mol. The summed E-state index contributed by atoms with van der Waals surface area (Å²) in [7, 11) is 0. The molecular weight excluding hydrogens is 1430 g/mol. The van der Waals surface area contributed by atoms with Gasteiger partial charge in [0, 0.05) is 43.9 Å². The average Bonchev–Trinajstić information content (AvgIpc) is 1.22. The quantitative estimate of drug-likeness (QED) is 0.0710. The standard InChI is InChI=1S/C17H28O2.C16H26O4.C16H28O4.C16H26O3.C15H19NO4.C10H16O4/c1-5-16(2,3)15(18)19-17(4)13-7-11-6-12(9-13)10-14(17)8-11;1-4-13(2,3)12(17)20-16-7-11-5-14(18,9-16)8-15(19,6-11)10-16;1-5-12(2)15(18)19-11-14(17)20-16(3,4)13-9-7-6-8-10-13;1-4-14(2,3)13(17)19-16-8-11-5-12(9-16)7-15(18,6-11)10-16;1-4-14(2,3)12(17)19-10-8-5-9-11(10)20-13(18)15(9,6-8)7-16;1-4-10(2,3)9(12)14-7-5-6-13-8(7)11/h11-14H,5-10H2,1-4H3;11,18-19H,4-10H2,1-3H3;12-13H,5-11H2,1-4H3;11-12,18H,4-10H2,1-3H3;8-11H,4-6H2,1-3H3;7H,4-6H2,1-3H3. The molecule has 17 rings (SSSR count). The van der Waals surface area contributed by atoms with Gasteiger partial charge in [-0.3, -0.25) is 33.6 Å². The van der Waals surface area contributed by atoms with Crippen molar-refractivity contribution in [2.24, 2.45) is 97.6 Å². The van der Waals surface area contributed by atoms with E-state index in [1.54, 1.807) is 20.8 Å². The molecule has 0 aromatic carbocycles. The Morgan fingerprint density at radius 1 is 0.527 bits per heavy atom. The Kier molecular flexibility index (Phi) is 27.4. The lowest BCUT2D eigenvalue weighted by Gasteiger charge is -2.62. The molecule has 11 unspecified atom stereocenters. The third-order valence-electron chi connectivity index (χ3n) is 30.3. The highest BCUT2D eigenvalue weighted by atomic mass is 16.6. The molecule has 22 heteroatoms. The van der Waals surface area contributed by atoms with Gasteiger partial charge in [0.25, 0.3) is 0 Å². The Hall–Kier alpha value is -5.40. The second-order valence-electron chi connectivity index (χ2n) is 41.7. The molecule has 2 heterocycles. The Morgan fingerprint density at radius 3 is 1.43 bits per heavy atom. The number of nitrogens with zero attached hydrogens (tertiary/aromatic N) is 1. The van der Waals surface area contributed by atoms with Gasteiger partial charge in [-0.15, -0.1) is 0 Å². The van der Waals surface area contributed by atoms with Crippen LogP contribution in [-0.4, -0.2) is 140 Å². The molecule has 0 amide bonds. The van der Waals surface area contributed by atoms with Crippen LogP contribution in [0.3, 0.4) is 0 Å². The minimum Gasteiger partial charge on any atom is -0.463 e. The van der Waals surface area contributed by atoms with Crippen molar-refractivity contribution in [3.05, 3.63) is 0 Å².